The Bertz CT molecular complexity index is 181. The van der Waals surface area contributed by atoms with Crippen LogP contribution in [-0.4, -0.2) is 36.7 Å². The van der Waals surface area contributed by atoms with Gasteiger partial charge < -0.3 is 15.2 Å². The zero-order valence-corrected chi connectivity index (χ0v) is 7.87. The lowest BCUT2D eigenvalue weighted by atomic mass is 10.2. The number of carboxylic acids is 1. The predicted octanol–water partition coefficient (Wildman–Crippen LogP) is 0.00230. The molecule has 0 radical (unpaired) electrons. The fourth-order valence-electron chi connectivity index (χ4n) is 0.913. The van der Waals surface area contributed by atoms with E-state index < -0.39 is 17.9 Å². The minimum atomic E-state index is -1.01. The molecule has 5 heteroatoms. The van der Waals surface area contributed by atoms with E-state index in [9.17, 15) is 9.59 Å². The van der Waals surface area contributed by atoms with Crippen molar-refractivity contribution in [2.45, 2.75) is 25.8 Å². The average molecular weight is 189 g/mol. The van der Waals surface area contributed by atoms with Crippen molar-refractivity contribution >= 4 is 11.9 Å². The molecule has 0 fully saturated rings. The molecule has 1 unspecified atom stereocenters. The van der Waals surface area contributed by atoms with E-state index in [0.717, 1.165) is 0 Å². The summed E-state index contributed by atoms with van der Waals surface area (Å²) in [6.45, 7) is 1.76. The standard InChI is InChI=1S/C8H15NO4/c1-3-4-6(8(11)12)9-7(10)5-13-2/h6H,3-5H2,1-2H3,(H,9,10)(H,11,12). The molecule has 0 heterocycles. The van der Waals surface area contributed by atoms with Gasteiger partial charge in [-0.2, -0.15) is 0 Å². The van der Waals surface area contributed by atoms with Gasteiger partial charge in [-0.15, -0.1) is 0 Å². The maximum Gasteiger partial charge on any atom is 0.326 e. The molecular formula is C8H15NO4. The van der Waals surface area contributed by atoms with Gasteiger partial charge in [0.05, 0.1) is 0 Å². The van der Waals surface area contributed by atoms with Crippen molar-refractivity contribution in [1.29, 1.82) is 0 Å². The van der Waals surface area contributed by atoms with Crippen molar-refractivity contribution < 1.29 is 19.4 Å². The Labute approximate surface area is 77.1 Å². The minimum absolute atomic E-state index is 0.104. The molecule has 76 valence electrons. The van der Waals surface area contributed by atoms with E-state index in [4.69, 9.17) is 5.11 Å². The molecular weight excluding hydrogens is 174 g/mol. The van der Waals surface area contributed by atoms with Gasteiger partial charge in [0.2, 0.25) is 5.91 Å². The highest BCUT2D eigenvalue weighted by molar-refractivity contribution is 5.84. The molecule has 0 bridgehead atoms. The largest absolute Gasteiger partial charge is 0.480 e. The highest BCUT2D eigenvalue weighted by Crippen LogP contribution is 1.96. The number of aliphatic carboxylic acids is 1. The number of hydrogen-bond acceptors (Lipinski definition) is 3. The van der Waals surface area contributed by atoms with Gasteiger partial charge in [-0.3, -0.25) is 4.79 Å². The second kappa shape index (κ2) is 6.42. The Morgan fingerprint density at radius 2 is 2.15 bits per heavy atom. The van der Waals surface area contributed by atoms with Gasteiger partial charge in [0.25, 0.3) is 0 Å². The van der Waals surface area contributed by atoms with Crippen LogP contribution in [-0.2, 0) is 14.3 Å². The molecule has 0 aliphatic rings. The SMILES string of the molecule is CCCC(NC(=O)COC)C(=O)O. The first-order valence-electron chi connectivity index (χ1n) is 4.13. The predicted molar refractivity (Wildman–Crippen MR) is 46.4 cm³/mol. The summed E-state index contributed by atoms with van der Waals surface area (Å²) in [6, 6.07) is -0.798. The number of hydrogen-bond donors (Lipinski definition) is 2. The molecule has 0 saturated carbocycles. The first-order chi connectivity index (χ1) is 6.11. The molecule has 5 nitrogen and oxygen atoms in total. The molecule has 0 rings (SSSR count). The maximum atomic E-state index is 10.9. The maximum absolute atomic E-state index is 10.9. The number of methoxy groups -OCH3 is 1. The number of carbonyl (C=O) groups is 2. The molecule has 0 aliphatic carbocycles. The molecule has 0 aromatic carbocycles. The summed E-state index contributed by atoms with van der Waals surface area (Å²) in [5.74, 6) is -1.41. The van der Waals surface area contributed by atoms with Crippen molar-refractivity contribution in [2.75, 3.05) is 13.7 Å². The number of rotatable bonds is 6. The third-order valence-electron chi connectivity index (χ3n) is 1.49. The second-order valence-electron chi connectivity index (χ2n) is 2.68. The normalized spacial score (nSPS) is 12.2. The van der Waals surface area contributed by atoms with Gasteiger partial charge in [-0.05, 0) is 6.42 Å². The van der Waals surface area contributed by atoms with Crippen LogP contribution in [0.25, 0.3) is 0 Å². The minimum Gasteiger partial charge on any atom is -0.480 e. The highest BCUT2D eigenvalue weighted by atomic mass is 16.5. The van der Waals surface area contributed by atoms with Crippen LogP contribution in [0, 0.1) is 0 Å². The molecule has 1 atom stereocenters. The monoisotopic (exact) mass is 189 g/mol. The summed E-state index contributed by atoms with van der Waals surface area (Å²) in [4.78, 5) is 21.5. The quantitative estimate of drug-likeness (QED) is 0.616. The van der Waals surface area contributed by atoms with Gasteiger partial charge in [-0.1, -0.05) is 13.3 Å². The molecule has 0 aromatic heterocycles. The van der Waals surface area contributed by atoms with Crippen molar-refractivity contribution in [1.82, 2.24) is 5.32 Å². The summed E-state index contributed by atoms with van der Waals surface area (Å²) in [7, 11) is 1.38. The van der Waals surface area contributed by atoms with E-state index in [-0.39, 0.29) is 6.61 Å². The number of amides is 1. The van der Waals surface area contributed by atoms with Gasteiger partial charge >= 0.3 is 5.97 Å². The molecule has 0 spiro atoms. The Hall–Kier alpha value is -1.10. The van der Waals surface area contributed by atoms with Crippen molar-refractivity contribution in [3.05, 3.63) is 0 Å². The molecule has 1 amide bonds. The fourth-order valence-corrected chi connectivity index (χ4v) is 0.913. The average Bonchev–Trinajstić information content (AvgIpc) is 2.04. The van der Waals surface area contributed by atoms with Crippen LogP contribution in [0.15, 0.2) is 0 Å². The highest BCUT2D eigenvalue weighted by Gasteiger charge is 2.17. The van der Waals surface area contributed by atoms with Crippen LogP contribution in [0.1, 0.15) is 19.8 Å². The summed E-state index contributed by atoms with van der Waals surface area (Å²) in [5.41, 5.74) is 0. The second-order valence-corrected chi connectivity index (χ2v) is 2.68. The summed E-state index contributed by atoms with van der Waals surface area (Å²) in [5, 5.41) is 11.0. The van der Waals surface area contributed by atoms with Crippen LogP contribution in [0.2, 0.25) is 0 Å². The fraction of sp³-hybridized carbons (Fsp3) is 0.750. The van der Waals surface area contributed by atoms with E-state index in [1.165, 1.54) is 7.11 Å². The van der Waals surface area contributed by atoms with E-state index in [2.05, 4.69) is 10.1 Å². The molecule has 0 saturated heterocycles. The zero-order valence-electron chi connectivity index (χ0n) is 7.87. The van der Waals surface area contributed by atoms with Crippen molar-refractivity contribution in [2.24, 2.45) is 0 Å². The first kappa shape index (κ1) is 11.9. The molecule has 13 heavy (non-hydrogen) atoms. The van der Waals surface area contributed by atoms with Gasteiger partial charge in [-0.25, -0.2) is 4.79 Å². The van der Waals surface area contributed by atoms with Crippen LogP contribution in [0.4, 0.5) is 0 Å². The summed E-state index contributed by atoms with van der Waals surface area (Å²) >= 11 is 0. The van der Waals surface area contributed by atoms with Crippen molar-refractivity contribution in [3.63, 3.8) is 0 Å². The number of nitrogens with one attached hydrogen (secondary N) is 1. The summed E-state index contributed by atoms with van der Waals surface area (Å²) in [6.07, 6.45) is 1.15. The van der Waals surface area contributed by atoms with Crippen LogP contribution in [0.5, 0.6) is 0 Å². The van der Waals surface area contributed by atoms with E-state index in [1.807, 2.05) is 6.92 Å². The van der Waals surface area contributed by atoms with Gasteiger partial charge in [0.1, 0.15) is 12.6 Å². The lowest BCUT2D eigenvalue weighted by Gasteiger charge is -2.12. The van der Waals surface area contributed by atoms with E-state index in [1.54, 1.807) is 0 Å². The van der Waals surface area contributed by atoms with Crippen LogP contribution >= 0.6 is 0 Å². The molecule has 2 N–H and O–H groups in total. The Morgan fingerprint density at radius 1 is 1.54 bits per heavy atom. The Kier molecular flexibility index (Phi) is 5.88. The third kappa shape index (κ3) is 5.19. The first-order valence-corrected chi connectivity index (χ1v) is 4.13. The number of carboxylic acid groups (broad SMARTS) is 1. The lowest BCUT2D eigenvalue weighted by Crippen LogP contribution is -2.42. The van der Waals surface area contributed by atoms with Gasteiger partial charge in [0.15, 0.2) is 0 Å². The van der Waals surface area contributed by atoms with Crippen LogP contribution < -0.4 is 5.32 Å². The smallest absolute Gasteiger partial charge is 0.326 e. The number of ether oxygens (including phenoxy) is 1. The lowest BCUT2D eigenvalue weighted by molar-refractivity contribution is -0.142. The number of carbonyl (C=O) groups excluding carboxylic acids is 1. The van der Waals surface area contributed by atoms with E-state index in [0.29, 0.717) is 12.8 Å². The van der Waals surface area contributed by atoms with Gasteiger partial charge in [0, 0.05) is 7.11 Å². The third-order valence-corrected chi connectivity index (χ3v) is 1.49. The zero-order chi connectivity index (χ0) is 10.3. The molecule has 0 aromatic rings. The Morgan fingerprint density at radius 3 is 2.54 bits per heavy atom. The Balaban J connectivity index is 3.94. The van der Waals surface area contributed by atoms with Crippen LogP contribution in [0.3, 0.4) is 0 Å². The molecule has 0 aliphatic heterocycles. The topological polar surface area (TPSA) is 75.6 Å². The van der Waals surface area contributed by atoms with E-state index >= 15 is 0 Å². The van der Waals surface area contributed by atoms with Crippen molar-refractivity contribution in [3.8, 4) is 0 Å². The summed E-state index contributed by atoms with van der Waals surface area (Å²) < 4.78 is 4.56.